The van der Waals surface area contributed by atoms with Crippen molar-refractivity contribution in [2.75, 3.05) is 0 Å². The van der Waals surface area contributed by atoms with Crippen molar-refractivity contribution in [1.82, 2.24) is 20.6 Å². The largest absolute Gasteiger partial charge is 0.290 e. The summed E-state index contributed by atoms with van der Waals surface area (Å²) in [7, 11) is 0. The van der Waals surface area contributed by atoms with E-state index in [1.165, 1.54) is 4.68 Å². The molecule has 0 spiro atoms. The van der Waals surface area contributed by atoms with Crippen molar-refractivity contribution in [3.63, 3.8) is 0 Å². The standard InChI is InChI=1S/C20H19BrN4O3/c1-12(2)25-20(28)16-6-4-3-5-15(16)18(24-25)19(27)23-22-17(26)11-13-7-9-14(21)10-8-13/h3-10,12H,11H2,1-2H3,(H,22,26)(H,23,27). The number of halogens is 1. The normalized spacial score (nSPS) is 10.9. The van der Waals surface area contributed by atoms with Gasteiger partial charge in [-0.05, 0) is 37.6 Å². The molecule has 0 bridgehead atoms. The third-order valence-corrected chi connectivity index (χ3v) is 4.65. The lowest BCUT2D eigenvalue weighted by Gasteiger charge is -2.13. The summed E-state index contributed by atoms with van der Waals surface area (Å²) in [4.78, 5) is 37.3. The number of hydrazine groups is 1. The Balaban J connectivity index is 1.79. The maximum Gasteiger partial charge on any atom is 0.290 e. The number of rotatable bonds is 4. The molecule has 0 saturated carbocycles. The Bertz CT molecular complexity index is 1090. The van der Waals surface area contributed by atoms with Crippen molar-refractivity contribution in [3.8, 4) is 0 Å². The van der Waals surface area contributed by atoms with Gasteiger partial charge in [-0.25, -0.2) is 4.68 Å². The molecule has 144 valence electrons. The summed E-state index contributed by atoms with van der Waals surface area (Å²) in [6.45, 7) is 3.62. The molecule has 2 aromatic carbocycles. The van der Waals surface area contributed by atoms with Gasteiger partial charge >= 0.3 is 0 Å². The second-order valence-electron chi connectivity index (χ2n) is 6.54. The molecule has 0 radical (unpaired) electrons. The van der Waals surface area contributed by atoms with Crippen LogP contribution in [0.4, 0.5) is 0 Å². The first-order valence-electron chi connectivity index (χ1n) is 8.72. The number of hydrogen-bond acceptors (Lipinski definition) is 4. The van der Waals surface area contributed by atoms with Gasteiger partial charge in [0.2, 0.25) is 5.91 Å². The number of hydrogen-bond donors (Lipinski definition) is 2. The van der Waals surface area contributed by atoms with E-state index in [-0.39, 0.29) is 29.6 Å². The number of fused-ring (bicyclic) bond motifs is 1. The van der Waals surface area contributed by atoms with Gasteiger partial charge in [0.05, 0.1) is 17.8 Å². The molecule has 0 atom stereocenters. The summed E-state index contributed by atoms with van der Waals surface area (Å²) in [6.07, 6.45) is 0.118. The second kappa shape index (κ2) is 8.35. The lowest BCUT2D eigenvalue weighted by molar-refractivity contribution is -0.121. The number of benzene rings is 2. The summed E-state index contributed by atoms with van der Waals surface area (Å²) in [5.41, 5.74) is 5.40. The Hall–Kier alpha value is -3.00. The highest BCUT2D eigenvalue weighted by molar-refractivity contribution is 9.10. The van der Waals surface area contributed by atoms with Crippen LogP contribution in [-0.2, 0) is 11.2 Å². The SMILES string of the molecule is CC(C)n1nc(C(=O)NNC(=O)Cc2ccc(Br)cc2)c2ccccc2c1=O. The number of nitrogens with zero attached hydrogens (tertiary/aromatic N) is 2. The topological polar surface area (TPSA) is 93.1 Å². The summed E-state index contributed by atoms with van der Waals surface area (Å²) < 4.78 is 2.18. The molecule has 2 N–H and O–H groups in total. The van der Waals surface area contributed by atoms with Gasteiger partial charge < -0.3 is 0 Å². The van der Waals surface area contributed by atoms with Gasteiger partial charge in [0.15, 0.2) is 5.69 Å². The molecule has 3 rings (SSSR count). The van der Waals surface area contributed by atoms with Crippen molar-refractivity contribution < 1.29 is 9.59 Å². The smallest absolute Gasteiger partial charge is 0.273 e. The number of aromatic nitrogens is 2. The zero-order chi connectivity index (χ0) is 20.3. The molecule has 0 aliphatic rings. The Morgan fingerprint density at radius 3 is 2.32 bits per heavy atom. The van der Waals surface area contributed by atoms with Crippen LogP contribution < -0.4 is 16.4 Å². The first kappa shape index (κ1) is 19.8. The molecule has 8 heteroatoms. The predicted octanol–water partition coefficient (Wildman–Crippen LogP) is 2.74. The van der Waals surface area contributed by atoms with Crippen molar-refractivity contribution in [2.24, 2.45) is 0 Å². The fraction of sp³-hybridized carbons (Fsp3) is 0.200. The average Bonchev–Trinajstić information content (AvgIpc) is 2.68. The molecule has 28 heavy (non-hydrogen) atoms. The van der Waals surface area contributed by atoms with Crippen LogP contribution in [0.25, 0.3) is 10.8 Å². The lowest BCUT2D eigenvalue weighted by Crippen LogP contribution is -2.43. The van der Waals surface area contributed by atoms with Gasteiger partial charge in [-0.3, -0.25) is 25.2 Å². The van der Waals surface area contributed by atoms with Crippen LogP contribution in [0.5, 0.6) is 0 Å². The van der Waals surface area contributed by atoms with Crippen LogP contribution >= 0.6 is 15.9 Å². The molecule has 7 nitrogen and oxygen atoms in total. The number of carbonyl (C=O) groups excluding carboxylic acids is 2. The maximum atomic E-state index is 12.6. The quantitative estimate of drug-likeness (QED) is 0.607. The fourth-order valence-electron chi connectivity index (χ4n) is 2.74. The Kier molecular flexibility index (Phi) is 5.89. The van der Waals surface area contributed by atoms with E-state index in [9.17, 15) is 14.4 Å². The molecule has 3 aromatic rings. The summed E-state index contributed by atoms with van der Waals surface area (Å²) >= 11 is 3.34. The van der Waals surface area contributed by atoms with Gasteiger partial charge in [-0.1, -0.05) is 46.3 Å². The van der Waals surface area contributed by atoms with Crippen LogP contribution in [0.2, 0.25) is 0 Å². The second-order valence-corrected chi connectivity index (χ2v) is 7.46. The molecular formula is C20H19BrN4O3. The third kappa shape index (κ3) is 4.28. The van der Waals surface area contributed by atoms with Crippen LogP contribution in [0.3, 0.4) is 0 Å². The lowest BCUT2D eigenvalue weighted by atomic mass is 10.1. The maximum absolute atomic E-state index is 12.6. The van der Waals surface area contributed by atoms with E-state index in [1.807, 2.05) is 38.1 Å². The zero-order valence-electron chi connectivity index (χ0n) is 15.4. The molecule has 1 aromatic heterocycles. The van der Waals surface area contributed by atoms with Crippen molar-refractivity contribution in [1.29, 1.82) is 0 Å². The molecule has 0 fully saturated rings. The van der Waals surface area contributed by atoms with E-state index >= 15 is 0 Å². The molecular weight excluding hydrogens is 424 g/mol. The first-order chi connectivity index (χ1) is 13.4. The highest BCUT2D eigenvalue weighted by Gasteiger charge is 2.18. The average molecular weight is 443 g/mol. The van der Waals surface area contributed by atoms with E-state index in [4.69, 9.17) is 0 Å². The van der Waals surface area contributed by atoms with Gasteiger partial charge in [-0.15, -0.1) is 0 Å². The van der Waals surface area contributed by atoms with Crippen molar-refractivity contribution >= 4 is 38.5 Å². The van der Waals surface area contributed by atoms with Gasteiger partial charge in [0.25, 0.3) is 11.5 Å². The van der Waals surface area contributed by atoms with Crippen LogP contribution in [0.1, 0.15) is 35.9 Å². The van der Waals surface area contributed by atoms with E-state index in [0.29, 0.717) is 10.8 Å². The summed E-state index contributed by atoms with van der Waals surface area (Å²) in [5.74, 6) is -0.952. The van der Waals surface area contributed by atoms with Gasteiger partial charge in [-0.2, -0.15) is 5.10 Å². The van der Waals surface area contributed by atoms with E-state index < -0.39 is 5.91 Å². The Morgan fingerprint density at radius 2 is 1.68 bits per heavy atom. The van der Waals surface area contributed by atoms with Gasteiger partial charge in [0, 0.05) is 9.86 Å². The number of nitrogens with one attached hydrogen (secondary N) is 2. The van der Waals surface area contributed by atoms with Gasteiger partial charge in [0.1, 0.15) is 0 Å². The number of amides is 2. The van der Waals surface area contributed by atoms with Crippen molar-refractivity contribution in [2.45, 2.75) is 26.3 Å². The number of carbonyl (C=O) groups is 2. The molecule has 0 aliphatic heterocycles. The third-order valence-electron chi connectivity index (χ3n) is 4.13. The van der Waals surface area contributed by atoms with E-state index in [2.05, 4.69) is 31.9 Å². The minimum absolute atomic E-state index is 0.0767. The van der Waals surface area contributed by atoms with E-state index in [1.54, 1.807) is 24.3 Å². The zero-order valence-corrected chi connectivity index (χ0v) is 17.0. The monoisotopic (exact) mass is 442 g/mol. The minimum atomic E-state index is -0.588. The van der Waals surface area contributed by atoms with Crippen LogP contribution in [0, 0.1) is 0 Å². The summed E-state index contributed by atoms with van der Waals surface area (Å²) in [6, 6.07) is 13.9. The Morgan fingerprint density at radius 1 is 1.04 bits per heavy atom. The van der Waals surface area contributed by atoms with Crippen LogP contribution in [0.15, 0.2) is 57.8 Å². The van der Waals surface area contributed by atoms with E-state index in [0.717, 1.165) is 10.0 Å². The molecule has 1 heterocycles. The first-order valence-corrected chi connectivity index (χ1v) is 9.51. The van der Waals surface area contributed by atoms with Crippen LogP contribution in [-0.4, -0.2) is 21.6 Å². The van der Waals surface area contributed by atoms with Crippen molar-refractivity contribution in [3.05, 3.63) is 74.6 Å². The summed E-state index contributed by atoms with van der Waals surface area (Å²) in [5, 5.41) is 5.04. The molecule has 2 amide bonds. The molecule has 0 unspecified atom stereocenters. The molecule has 0 saturated heterocycles. The fourth-order valence-corrected chi connectivity index (χ4v) is 3.01. The minimum Gasteiger partial charge on any atom is -0.273 e. The molecule has 0 aliphatic carbocycles. The highest BCUT2D eigenvalue weighted by atomic mass is 79.9. The highest BCUT2D eigenvalue weighted by Crippen LogP contribution is 2.14. The Labute approximate surface area is 169 Å². The predicted molar refractivity (Wildman–Crippen MR) is 110 cm³/mol.